The van der Waals surface area contributed by atoms with E-state index in [4.69, 9.17) is 0 Å². The quantitative estimate of drug-likeness (QED) is 0.710. The number of anilines is 1. The minimum Gasteiger partial charge on any atom is -0.296 e. The van der Waals surface area contributed by atoms with Gasteiger partial charge in [-0.3, -0.25) is 9.69 Å². The van der Waals surface area contributed by atoms with Gasteiger partial charge < -0.3 is 0 Å². The van der Waals surface area contributed by atoms with Crippen molar-refractivity contribution in [2.24, 2.45) is 5.92 Å². The lowest BCUT2D eigenvalue weighted by Gasteiger charge is -2.16. The second-order valence-electron chi connectivity index (χ2n) is 4.24. The van der Waals surface area contributed by atoms with Crippen LogP contribution in [0.5, 0.6) is 0 Å². The lowest BCUT2D eigenvalue weighted by atomic mass is 10.1. The number of rotatable bonds is 3. The minimum atomic E-state index is -4.57. The van der Waals surface area contributed by atoms with Crippen molar-refractivity contribution in [1.29, 1.82) is 0 Å². The smallest absolute Gasteiger partial charge is 0.296 e. The summed E-state index contributed by atoms with van der Waals surface area (Å²) in [6, 6.07) is 1.73. The van der Waals surface area contributed by atoms with E-state index >= 15 is 0 Å². The highest BCUT2D eigenvalue weighted by Gasteiger charge is 2.35. The topological polar surface area (TPSA) is 67.3 Å². The summed E-state index contributed by atoms with van der Waals surface area (Å²) in [5.41, 5.74) is 0. The summed E-state index contributed by atoms with van der Waals surface area (Å²) in [5.74, 6) is -1.03. The van der Waals surface area contributed by atoms with E-state index in [0.29, 0.717) is 10.3 Å². The van der Waals surface area contributed by atoms with Gasteiger partial charge in [0.05, 0.1) is 10.2 Å². The first kappa shape index (κ1) is 14.9. The van der Waals surface area contributed by atoms with Crippen molar-refractivity contribution in [3.05, 3.63) is 21.2 Å². The van der Waals surface area contributed by atoms with Crippen LogP contribution in [0.3, 0.4) is 0 Å². The van der Waals surface area contributed by atoms with Crippen LogP contribution in [0.1, 0.15) is 6.42 Å². The van der Waals surface area contributed by atoms with E-state index in [9.17, 15) is 17.1 Å². The molecule has 0 saturated carbocycles. The van der Waals surface area contributed by atoms with Crippen molar-refractivity contribution in [3.8, 4) is 0 Å². The van der Waals surface area contributed by atoms with Crippen LogP contribution in [-0.2, 0) is 15.0 Å². The highest BCUT2D eigenvalue weighted by atomic mass is 79.9. The third-order valence-electron chi connectivity index (χ3n) is 2.68. The first-order valence-electron chi connectivity index (χ1n) is 5.30. The van der Waals surface area contributed by atoms with Crippen LogP contribution in [0.15, 0.2) is 21.2 Å². The number of halogens is 3. The molecular formula is C10H9Br2FN2O3S. The average Bonchev–Trinajstić information content (AvgIpc) is 2.56. The molecule has 1 aliphatic rings. The Morgan fingerprint density at radius 3 is 2.74 bits per heavy atom. The van der Waals surface area contributed by atoms with Crippen LogP contribution in [0, 0.1) is 5.92 Å². The number of hydrogen-bond donors (Lipinski definition) is 0. The molecule has 5 nitrogen and oxygen atoms in total. The van der Waals surface area contributed by atoms with Crippen molar-refractivity contribution in [2.45, 2.75) is 6.42 Å². The maximum atomic E-state index is 12.6. The van der Waals surface area contributed by atoms with Gasteiger partial charge in [-0.05, 0) is 37.9 Å². The lowest BCUT2D eigenvalue weighted by molar-refractivity contribution is -0.117. The molecule has 2 heterocycles. The molecule has 0 aromatic carbocycles. The number of pyridine rings is 1. The third-order valence-corrected chi connectivity index (χ3v) is 4.57. The molecule has 0 N–H and O–H groups in total. The molecule has 1 aliphatic heterocycles. The molecule has 9 heteroatoms. The molecule has 1 unspecified atom stereocenters. The molecule has 1 aromatic rings. The van der Waals surface area contributed by atoms with Gasteiger partial charge >= 0.3 is 10.2 Å². The highest BCUT2D eigenvalue weighted by Crippen LogP contribution is 2.31. The molecule has 2 rings (SSSR count). The lowest BCUT2D eigenvalue weighted by Crippen LogP contribution is -2.26. The monoisotopic (exact) mass is 414 g/mol. The Labute approximate surface area is 126 Å². The second-order valence-corrected chi connectivity index (χ2v) is 7.42. The van der Waals surface area contributed by atoms with E-state index in [1.54, 1.807) is 6.07 Å². The van der Waals surface area contributed by atoms with Gasteiger partial charge in [-0.25, -0.2) is 4.98 Å². The zero-order valence-corrected chi connectivity index (χ0v) is 13.5. The summed E-state index contributed by atoms with van der Waals surface area (Å²) < 4.78 is 35.2. The summed E-state index contributed by atoms with van der Waals surface area (Å²) in [6.07, 6.45) is 1.54. The van der Waals surface area contributed by atoms with Gasteiger partial charge in [0.2, 0.25) is 5.91 Å². The van der Waals surface area contributed by atoms with Crippen molar-refractivity contribution in [2.75, 3.05) is 17.2 Å². The first-order chi connectivity index (χ1) is 8.76. The third kappa shape index (κ3) is 3.73. The van der Waals surface area contributed by atoms with Crippen molar-refractivity contribution < 1.29 is 17.1 Å². The largest absolute Gasteiger partial charge is 0.302 e. The molecule has 0 aliphatic carbocycles. The van der Waals surface area contributed by atoms with E-state index < -0.39 is 21.9 Å². The number of carbonyl (C=O) groups excluding carboxylic acids is 1. The van der Waals surface area contributed by atoms with Crippen LogP contribution >= 0.6 is 31.9 Å². The Morgan fingerprint density at radius 1 is 1.47 bits per heavy atom. The predicted molar refractivity (Wildman–Crippen MR) is 75.0 cm³/mol. The number of nitrogens with zero attached hydrogens (tertiary/aromatic N) is 2. The molecule has 19 heavy (non-hydrogen) atoms. The number of hydrogen-bond acceptors (Lipinski definition) is 4. The van der Waals surface area contributed by atoms with Gasteiger partial charge in [0.15, 0.2) is 0 Å². The fourth-order valence-corrected chi connectivity index (χ4v) is 3.97. The Bertz CT molecular complexity index is 623. The van der Waals surface area contributed by atoms with E-state index in [0.717, 1.165) is 4.47 Å². The molecule has 0 radical (unpaired) electrons. The molecule has 1 fully saturated rings. The number of carbonyl (C=O) groups is 1. The Hall–Kier alpha value is -0.540. The van der Waals surface area contributed by atoms with E-state index in [1.807, 2.05) is 0 Å². The van der Waals surface area contributed by atoms with Crippen LogP contribution < -0.4 is 4.90 Å². The average molecular weight is 416 g/mol. The fraction of sp³-hybridized carbons (Fsp3) is 0.400. The molecule has 1 amide bonds. The number of aromatic nitrogens is 1. The van der Waals surface area contributed by atoms with Crippen LogP contribution in [0.25, 0.3) is 0 Å². The molecule has 1 saturated heterocycles. The highest BCUT2D eigenvalue weighted by molar-refractivity contribution is 9.11. The zero-order valence-electron chi connectivity index (χ0n) is 9.51. The SMILES string of the molecule is O=C1CC(CS(=O)(=O)F)CN1c1ncc(Br)cc1Br. The summed E-state index contributed by atoms with van der Waals surface area (Å²) in [7, 11) is -4.57. The first-order valence-corrected chi connectivity index (χ1v) is 8.44. The summed E-state index contributed by atoms with van der Waals surface area (Å²) >= 11 is 6.53. The maximum Gasteiger partial charge on any atom is 0.302 e. The molecule has 0 bridgehead atoms. The van der Waals surface area contributed by atoms with Gasteiger partial charge in [-0.2, -0.15) is 8.42 Å². The Morgan fingerprint density at radius 2 is 2.16 bits per heavy atom. The van der Waals surface area contributed by atoms with Gasteiger partial charge in [0.25, 0.3) is 0 Å². The molecule has 1 aromatic heterocycles. The van der Waals surface area contributed by atoms with Gasteiger partial charge in [0, 0.05) is 29.6 Å². The Kier molecular flexibility index (Phi) is 4.26. The van der Waals surface area contributed by atoms with Gasteiger partial charge in [0.1, 0.15) is 5.82 Å². The fourth-order valence-electron chi connectivity index (χ4n) is 1.99. The van der Waals surface area contributed by atoms with E-state index in [2.05, 4.69) is 36.8 Å². The van der Waals surface area contributed by atoms with Crippen molar-refractivity contribution in [1.82, 2.24) is 4.98 Å². The molecule has 1 atom stereocenters. The predicted octanol–water partition coefficient (Wildman–Crippen LogP) is 2.26. The van der Waals surface area contributed by atoms with Crippen LogP contribution in [0.4, 0.5) is 9.70 Å². The van der Waals surface area contributed by atoms with Crippen LogP contribution in [0.2, 0.25) is 0 Å². The molecular weight excluding hydrogens is 407 g/mol. The molecule has 0 spiro atoms. The summed E-state index contributed by atoms with van der Waals surface area (Å²) in [6.45, 7) is 0.148. The Balaban J connectivity index is 2.20. The normalized spacial score (nSPS) is 20.1. The maximum absolute atomic E-state index is 12.6. The minimum absolute atomic E-state index is 0.00728. The van der Waals surface area contributed by atoms with Gasteiger partial charge in [-0.15, -0.1) is 3.89 Å². The van der Waals surface area contributed by atoms with Gasteiger partial charge in [-0.1, -0.05) is 0 Å². The number of amides is 1. The van der Waals surface area contributed by atoms with E-state index in [-0.39, 0.29) is 18.9 Å². The van der Waals surface area contributed by atoms with Crippen molar-refractivity contribution >= 4 is 53.8 Å². The van der Waals surface area contributed by atoms with Crippen LogP contribution in [-0.4, -0.2) is 31.6 Å². The second kappa shape index (κ2) is 5.45. The summed E-state index contributed by atoms with van der Waals surface area (Å²) in [5, 5.41) is 0. The summed E-state index contributed by atoms with van der Waals surface area (Å²) in [4.78, 5) is 17.3. The van der Waals surface area contributed by atoms with Crippen molar-refractivity contribution in [3.63, 3.8) is 0 Å². The zero-order chi connectivity index (χ0) is 14.2. The van der Waals surface area contributed by atoms with E-state index in [1.165, 1.54) is 11.1 Å². The molecule has 104 valence electrons. The standard InChI is InChI=1S/C10H9Br2FN2O3S/c11-7-2-8(12)10(14-3-7)15-4-6(1-9(15)16)5-19(13,17)18/h2-3,6H,1,4-5H2.